The lowest BCUT2D eigenvalue weighted by Crippen LogP contribution is -2.12. The van der Waals surface area contributed by atoms with Crippen LogP contribution in [0, 0.1) is 5.82 Å². The molecule has 0 aliphatic heterocycles. The number of aryl methyl sites for hydroxylation is 1. The van der Waals surface area contributed by atoms with E-state index in [9.17, 15) is 9.18 Å². The lowest BCUT2D eigenvalue weighted by molar-refractivity contribution is 0.0988. The summed E-state index contributed by atoms with van der Waals surface area (Å²) in [6.07, 6.45) is 2.08. The molecule has 4 aromatic rings. The smallest absolute Gasteiger partial charge is 0.313 e. The van der Waals surface area contributed by atoms with Gasteiger partial charge in [-0.1, -0.05) is 6.92 Å². The van der Waals surface area contributed by atoms with E-state index in [1.165, 1.54) is 18.2 Å². The Morgan fingerprint density at radius 3 is 2.89 bits per heavy atom. The van der Waals surface area contributed by atoms with Gasteiger partial charge < -0.3 is 14.2 Å². The van der Waals surface area contributed by atoms with Crippen LogP contribution < -0.4 is 5.32 Å². The number of nitrogens with zero attached hydrogens (tertiary/aromatic N) is 4. The van der Waals surface area contributed by atoms with Crippen LogP contribution in [-0.2, 0) is 6.42 Å². The Labute approximate surface area is 160 Å². The van der Waals surface area contributed by atoms with Crippen LogP contribution in [0.15, 0.2) is 43.8 Å². The molecule has 10 heteroatoms. The Kier molecular flexibility index (Phi) is 4.40. The third-order valence-electron chi connectivity index (χ3n) is 3.63. The number of anilines is 1. The van der Waals surface area contributed by atoms with Crippen LogP contribution in [0.1, 0.15) is 23.5 Å². The second-order valence-electron chi connectivity index (χ2n) is 5.50. The van der Waals surface area contributed by atoms with Crippen molar-refractivity contribution < 1.29 is 18.0 Å². The zero-order valence-electron chi connectivity index (χ0n) is 13.9. The fourth-order valence-electron chi connectivity index (χ4n) is 2.35. The highest BCUT2D eigenvalue weighted by molar-refractivity contribution is 9.10. The molecule has 27 heavy (non-hydrogen) atoms. The van der Waals surface area contributed by atoms with Gasteiger partial charge in [0, 0.05) is 28.8 Å². The van der Waals surface area contributed by atoms with Gasteiger partial charge in [0.2, 0.25) is 11.8 Å². The highest BCUT2D eigenvalue weighted by atomic mass is 79.9. The van der Waals surface area contributed by atoms with E-state index in [2.05, 4.69) is 41.4 Å². The highest BCUT2D eigenvalue weighted by Crippen LogP contribution is 2.29. The normalized spacial score (nSPS) is 11.1. The van der Waals surface area contributed by atoms with E-state index in [1.807, 2.05) is 6.92 Å². The number of hydrogen-bond donors (Lipinski definition) is 1. The number of halogens is 2. The summed E-state index contributed by atoms with van der Waals surface area (Å²) in [6, 6.07) is 5.70. The van der Waals surface area contributed by atoms with Crippen molar-refractivity contribution in [2.45, 2.75) is 13.3 Å². The first-order chi connectivity index (χ1) is 13.0. The van der Waals surface area contributed by atoms with Crippen molar-refractivity contribution in [3.05, 3.63) is 52.5 Å². The lowest BCUT2D eigenvalue weighted by Gasteiger charge is -2.05. The molecule has 0 unspecified atom stereocenters. The molecule has 0 radical (unpaired) electrons. The third kappa shape index (κ3) is 3.43. The van der Waals surface area contributed by atoms with Crippen LogP contribution in [-0.4, -0.2) is 26.1 Å². The average molecular weight is 432 g/mol. The maximum Gasteiger partial charge on any atom is 0.313 e. The Morgan fingerprint density at radius 2 is 2.11 bits per heavy atom. The Balaban J connectivity index is 1.65. The van der Waals surface area contributed by atoms with Crippen molar-refractivity contribution in [3.63, 3.8) is 0 Å². The van der Waals surface area contributed by atoms with E-state index < -0.39 is 11.7 Å². The molecule has 8 nitrogen and oxygen atoms in total. The van der Waals surface area contributed by atoms with Crippen LogP contribution >= 0.6 is 15.9 Å². The summed E-state index contributed by atoms with van der Waals surface area (Å²) >= 11 is 3.29. The molecule has 0 spiro atoms. The molecule has 3 heterocycles. The summed E-state index contributed by atoms with van der Waals surface area (Å²) in [5.41, 5.74) is 1.16. The Hall–Kier alpha value is -3.14. The average Bonchev–Trinajstić information content (AvgIpc) is 3.29. The van der Waals surface area contributed by atoms with E-state index in [-0.39, 0.29) is 17.3 Å². The highest BCUT2D eigenvalue weighted by Gasteiger charge is 2.18. The van der Waals surface area contributed by atoms with Gasteiger partial charge >= 0.3 is 11.8 Å². The SMILES string of the molecule is CCc1nnc(C(=O)Nc2ccc(F)c(-c3nc4ncc(Br)cc4o3)c2)o1. The lowest BCUT2D eigenvalue weighted by atomic mass is 10.2. The van der Waals surface area contributed by atoms with E-state index in [0.717, 1.165) is 0 Å². The minimum absolute atomic E-state index is 0.0512. The number of aromatic nitrogens is 4. The summed E-state index contributed by atoms with van der Waals surface area (Å²) in [7, 11) is 0. The number of amides is 1. The number of oxazole rings is 1. The molecule has 0 bridgehead atoms. The minimum Gasteiger partial charge on any atom is -0.434 e. The van der Waals surface area contributed by atoms with Gasteiger partial charge in [-0.05, 0) is 34.1 Å². The molecular weight excluding hydrogens is 421 g/mol. The first-order valence-corrected chi connectivity index (χ1v) is 8.68. The molecule has 0 aliphatic rings. The summed E-state index contributed by atoms with van der Waals surface area (Å²) < 4.78 is 25.8. The van der Waals surface area contributed by atoms with Crippen LogP contribution in [0.5, 0.6) is 0 Å². The van der Waals surface area contributed by atoms with Gasteiger partial charge in [-0.2, -0.15) is 4.98 Å². The number of benzene rings is 1. The first-order valence-electron chi connectivity index (χ1n) is 7.89. The second kappa shape index (κ2) is 6.88. The summed E-state index contributed by atoms with van der Waals surface area (Å²) in [4.78, 5) is 20.5. The van der Waals surface area contributed by atoms with Gasteiger partial charge in [0.15, 0.2) is 11.2 Å². The number of hydrogen-bond acceptors (Lipinski definition) is 7. The molecule has 1 amide bonds. The summed E-state index contributed by atoms with van der Waals surface area (Å²) in [6.45, 7) is 1.83. The second-order valence-corrected chi connectivity index (χ2v) is 6.41. The molecular formula is C17H11BrFN5O3. The molecule has 136 valence electrons. The van der Waals surface area contributed by atoms with Crippen molar-refractivity contribution >= 4 is 38.8 Å². The number of pyridine rings is 1. The monoisotopic (exact) mass is 431 g/mol. The van der Waals surface area contributed by atoms with Gasteiger partial charge in [-0.25, -0.2) is 9.37 Å². The van der Waals surface area contributed by atoms with Crippen molar-refractivity contribution in [1.82, 2.24) is 20.2 Å². The molecule has 4 rings (SSSR count). The molecule has 0 fully saturated rings. The number of carbonyl (C=O) groups is 1. The molecule has 1 aromatic carbocycles. The Bertz CT molecular complexity index is 1160. The van der Waals surface area contributed by atoms with Gasteiger partial charge in [0.05, 0.1) is 5.56 Å². The fourth-order valence-corrected chi connectivity index (χ4v) is 2.66. The van der Waals surface area contributed by atoms with Crippen molar-refractivity contribution in [2.75, 3.05) is 5.32 Å². The Morgan fingerprint density at radius 1 is 1.26 bits per heavy atom. The fraction of sp³-hybridized carbons (Fsp3) is 0.118. The maximum absolute atomic E-state index is 14.3. The minimum atomic E-state index is -0.595. The number of carbonyl (C=O) groups excluding carboxylic acids is 1. The molecule has 0 atom stereocenters. The van der Waals surface area contributed by atoms with Crippen LogP contribution in [0.4, 0.5) is 10.1 Å². The van der Waals surface area contributed by atoms with Gasteiger partial charge in [-0.3, -0.25) is 4.79 Å². The molecule has 1 N–H and O–H groups in total. The molecule has 3 aromatic heterocycles. The first kappa shape index (κ1) is 17.3. The van der Waals surface area contributed by atoms with Crippen LogP contribution in [0.25, 0.3) is 22.7 Å². The van der Waals surface area contributed by atoms with Crippen molar-refractivity contribution in [1.29, 1.82) is 0 Å². The van der Waals surface area contributed by atoms with E-state index in [4.69, 9.17) is 8.83 Å². The van der Waals surface area contributed by atoms with E-state index in [1.54, 1.807) is 12.3 Å². The van der Waals surface area contributed by atoms with Crippen molar-refractivity contribution in [3.8, 4) is 11.5 Å². The van der Waals surface area contributed by atoms with Crippen LogP contribution in [0.3, 0.4) is 0 Å². The zero-order chi connectivity index (χ0) is 19.0. The maximum atomic E-state index is 14.3. The summed E-state index contributed by atoms with van der Waals surface area (Å²) in [5.74, 6) is -0.915. The molecule has 0 saturated carbocycles. The zero-order valence-corrected chi connectivity index (χ0v) is 15.4. The topological polar surface area (TPSA) is 107 Å². The number of fused-ring (bicyclic) bond motifs is 1. The van der Waals surface area contributed by atoms with Gasteiger partial charge in [-0.15, -0.1) is 10.2 Å². The predicted molar refractivity (Wildman–Crippen MR) is 96.5 cm³/mol. The standard InChI is InChI=1S/C17H11BrFN5O3/c1-2-13-23-24-17(27-13)15(25)21-9-3-4-11(19)10(6-9)16-22-14-12(26-16)5-8(18)7-20-14/h3-7H,2H2,1H3,(H,21,25). The largest absolute Gasteiger partial charge is 0.434 e. The van der Waals surface area contributed by atoms with E-state index in [0.29, 0.717) is 33.7 Å². The van der Waals surface area contributed by atoms with Crippen LogP contribution in [0.2, 0.25) is 0 Å². The van der Waals surface area contributed by atoms with Gasteiger partial charge in [0.1, 0.15) is 5.82 Å². The third-order valence-corrected chi connectivity index (χ3v) is 4.07. The number of nitrogens with one attached hydrogen (secondary N) is 1. The molecule has 0 saturated heterocycles. The number of rotatable bonds is 4. The van der Waals surface area contributed by atoms with E-state index >= 15 is 0 Å². The van der Waals surface area contributed by atoms with Crippen molar-refractivity contribution in [2.24, 2.45) is 0 Å². The summed E-state index contributed by atoms with van der Waals surface area (Å²) in [5, 5.41) is 9.99. The van der Waals surface area contributed by atoms with Gasteiger partial charge in [0.25, 0.3) is 0 Å². The molecule has 0 aliphatic carbocycles. The quantitative estimate of drug-likeness (QED) is 0.520. The predicted octanol–water partition coefficient (Wildman–Crippen LogP) is 3.99.